The second kappa shape index (κ2) is 7.38. The van der Waals surface area contributed by atoms with E-state index < -0.39 is 0 Å². The fourth-order valence-electron chi connectivity index (χ4n) is 1.90. The van der Waals surface area contributed by atoms with Gasteiger partial charge < -0.3 is 10.1 Å². The van der Waals surface area contributed by atoms with Crippen molar-refractivity contribution in [3.63, 3.8) is 0 Å². The van der Waals surface area contributed by atoms with E-state index >= 15 is 0 Å². The molecule has 0 atom stereocenters. The predicted molar refractivity (Wildman–Crippen MR) is 80.3 cm³/mol. The second-order valence-corrected chi connectivity index (χ2v) is 5.44. The van der Waals surface area contributed by atoms with Crippen LogP contribution in [0, 0.1) is 0 Å². The Morgan fingerprint density at radius 2 is 2.05 bits per heavy atom. The summed E-state index contributed by atoms with van der Waals surface area (Å²) < 4.78 is 5.19. The van der Waals surface area contributed by atoms with Gasteiger partial charge >= 0.3 is 0 Å². The fraction of sp³-hybridized carbons (Fsp3) is 0.400. The first-order chi connectivity index (χ1) is 9.35. The molecule has 0 bridgehead atoms. The van der Waals surface area contributed by atoms with Crippen LogP contribution in [0.5, 0.6) is 0 Å². The highest BCUT2D eigenvalue weighted by atomic mass is 32.1. The van der Waals surface area contributed by atoms with E-state index in [1.54, 1.807) is 18.4 Å². The highest BCUT2D eigenvalue weighted by Crippen LogP contribution is 2.30. The minimum atomic E-state index is 0.582. The molecule has 0 radical (unpaired) electrons. The van der Waals surface area contributed by atoms with Gasteiger partial charge in [-0.15, -0.1) is 11.3 Å². The Hall–Kier alpha value is -1.23. The van der Waals surface area contributed by atoms with Crippen LogP contribution >= 0.6 is 11.3 Å². The van der Waals surface area contributed by atoms with Crippen LogP contribution in [0.25, 0.3) is 10.4 Å². The minimum Gasteiger partial charge on any atom is -0.378 e. The average Bonchev–Trinajstić information content (AvgIpc) is 2.84. The van der Waals surface area contributed by atoms with Crippen LogP contribution in [0.15, 0.2) is 30.3 Å². The van der Waals surface area contributed by atoms with Crippen LogP contribution in [-0.4, -0.2) is 18.6 Å². The molecule has 0 aliphatic heterocycles. The minimum absolute atomic E-state index is 0.582. The molecule has 1 heterocycles. The number of hydrogen-bond acceptors (Lipinski definition) is 4. The van der Waals surface area contributed by atoms with Crippen molar-refractivity contribution in [2.75, 3.05) is 13.7 Å². The van der Waals surface area contributed by atoms with Gasteiger partial charge in [-0.05, 0) is 18.5 Å². The average molecular weight is 276 g/mol. The van der Waals surface area contributed by atoms with Gasteiger partial charge in [0, 0.05) is 13.7 Å². The molecule has 0 saturated heterocycles. The summed E-state index contributed by atoms with van der Waals surface area (Å²) >= 11 is 1.72. The third-order valence-electron chi connectivity index (χ3n) is 2.76. The Balaban J connectivity index is 2.23. The highest BCUT2D eigenvalue weighted by molar-refractivity contribution is 7.15. The summed E-state index contributed by atoms with van der Waals surface area (Å²) in [4.78, 5) is 5.93. The number of thiazole rings is 1. The number of nitrogens with zero attached hydrogens (tertiary/aromatic N) is 1. The molecule has 2 aromatic rings. The molecule has 1 aromatic carbocycles. The van der Waals surface area contributed by atoms with Crippen molar-refractivity contribution in [2.24, 2.45) is 0 Å². The Labute approximate surface area is 118 Å². The topological polar surface area (TPSA) is 34.2 Å². The van der Waals surface area contributed by atoms with Gasteiger partial charge in [-0.3, -0.25) is 0 Å². The van der Waals surface area contributed by atoms with Crippen LogP contribution in [0.3, 0.4) is 0 Å². The van der Waals surface area contributed by atoms with Gasteiger partial charge in [0.15, 0.2) is 0 Å². The molecular formula is C15H20N2OS. The Bertz CT molecular complexity index is 496. The molecule has 0 aliphatic rings. The normalized spacial score (nSPS) is 10.8. The summed E-state index contributed by atoms with van der Waals surface area (Å²) in [6.07, 6.45) is 1.13. The molecule has 0 aliphatic carbocycles. The van der Waals surface area contributed by atoms with E-state index in [4.69, 9.17) is 4.74 Å². The number of hydrogen-bond donors (Lipinski definition) is 1. The van der Waals surface area contributed by atoms with E-state index in [-0.39, 0.29) is 0 Å². The van der Waals surface area contributed by atoms with Crippen LogP contribution in [0.2, 0.25) is 0 Å². The van der Waals surface area contributed by atoms with Crippen LogP contribution in [0.1, 0.15) is 24.0 Å². The molecule has 0 unspecified atom stereocenters. The van der Waals surface area contributed by atoms with Crippen molar-refractivity contribution in [2.45, 2.75) is 26.5 Å². The molecule has 1 aromatic heterocycles. The van der Waals surface area contributed by atoms with E-state index in [9.17, 15) is 0 Å². The van der Waals surface area contributed by atoms with Crippen LogP contribution in [-0.2, 0) is 17.9 Å². The lowest BCUT2D eigenvalue weighted by Crippen LogP contribution is -2.14. The van der Waals surface area contributed by atoms with E-state index in [0.717, 1.165) is 30.2 Å². The largest absolute Gasteiger partial charge is 0.378 e. The SMILES string of the molecule is CCCNCc1nc(COC)sc1-c1ccccc1. The van der Waals surface area contributed by atoms with E-state index in [1.165, 1.54) is 10.4 Å². The number of ether oxygens (including phenoxy) is 1. The fourth-order valence-corrected chi connectivity index (χ4v) is 2.96. The third-order valence-corrected chi connectivity index (χ3v) is 3.88. The number of rotatable bonds is 7. The standard InChI is InChI=1S/C15H20N2OS/c1-3-9-16-10-13-15(12-7-5-4-6-8-12)19-14(17-13)11-18-2/h4-8,16H,3,9-11H2,1-2H3. The smallest absolute Gasteiger partial charge is 0.119 e. The van der Waals surface area contributed by atoms with E-state index in [1.807, 2.05) is 6.07 Å². The summed E-state index contributed by atoms with van der Waals surface area (Å²) in [6, 6.07) is 10.4. The molecule has 0 amide bonds. The molecule has 0 spiro atoms. The predicted octanol–water partition coefficient (Wildman–Crippen LogP) is 3.46. The van der Waals surface area contributed by atoms with Gasteiger partial charge in [0.25, 0.3) is 0 Å². The molecule has 102 valence electrons. The second-order valence-electron chi connectivity index (χ2n) is 4.36. The highest BCUT2D eigenvalue weighted by Gasteiger charge is 2.12. The molecule has 2 rings (SSSR count). The number of methoxy groups -OCH3 is 1. The number of nitrogens with one attached hydrogen (secondary N) is 1. The summed E-state index contributed by atoms with van der Waals surface area (Å²) in [5.74, 6) is 0. The van der Waals surface area contributed by atoms with E-state index in [0.29, 0.717) is 6.61 Å². The Morgan fingerprint density at radius 1 is 1.26 bits per heavy atom. The zero-order valence-corrected chi connectivity index (χ0v) is 12.3. The van der Waals surface area contributed by atoms with Gasteiger partial charge in [-0.1, -0.05) is 37.3 Å². The molecule has 19 heavy (non-hydrogen) atoms. The molecule has 0 fully saturated rings. The molecule has 3 nitrogen and oxygen atoms in total. The monoisotopic (exact) mass is 276 g/mol. The molecule has 1 N–H and O–H groups in total. The first kappa shape index (κ1) is 14.2. The molecule has 4 heteroatoms. The van der Waals surface area contributed by atoms with Crippen molar-refractivity contribution in [3.8, 4) is 10.4 Å². The Morgan fingerprint density at radius 3 is 2.74 bits per heavy atom. The number of aromatic nitrogens is 1. The van der Waals surface area contributed by atoms with Crippen molar-refractivity contribution in [1.82, 2.24) is 10.3 Å². The maximum atomic E-state index is 5.19. The van der Waals surface area contributed by atoms with Crippen molar-refractivity contribution in [3.05, 3.63) is 41.0 Å². The first-order valence-electron chi connectivity index (χ1n) is 6.58. The maximum Gasteiger partial charge on any atom is 0.119 e. The lowest BCUT2D eigenvalue weighted by atomic mass is 10.1. The van der Waals surface area contributed by atoms with Gasteiger partial charge in [-0.25, -0.2) is 4.98 Å². The van der Waals surface area contributed by atoms with Crippen molar-refractivity contribution >= 4 is 11.3 Å². The first-order valence-corrected chi connectivity index (χ1v) is 7.40. The van der Waals surface area contributed by atoms with Crippen molar-refractivity contribution < 1.29 is 4.74 Å². The Kier molecular flexibility index (Phi) is 5.51. The van der Waals surface area contributed by atoms with E-state index in [2.05, 4.69) is 41.5 Å². The maximum absolute atomic E-state index is 5.19. The van der Waals surface area contributed by atoms with Gasteiger partial charge in [0.05, 0.1) is 17.2 Å². The zero-order chi connectivity index (χ0) is 13.5. The van der Waals surface area contributed by atoms with Gasteiger partial charge in [0.2, 0.25) is 0 Å². The van der Waals surface area contributed by atoms with Crippen LogP contribution in [0.4, 0.5) is 0 Å². The summed E-state index contributed by atoms with van der Waals surface area (Å²) in [6.45, 7) is 4.59. The van der Waals surface area contributed by atoms with Gasteiger partial charge in [0.1, 0.15) is 5.01 Å². The zero-order valence-electron chi connectivity index (χ0n) is 11.5. The lowest BCUT2D eigenvalue weighted by molar-refractivity contribution is 0.184. The summed E-state index contributed by atoms with van der Waals surface area (Å²) in [7, 11) is 1.71. The molecule has 0 saturated carbocycles. The summed E-state index contributed by atoms with van der Waals surface area (Å²) in [5, 5.41) is 4.46. The third kappa shape index (κ3) is 3.86. The lowest BCUT2D eigenvalue weighted by Gasteiger charge is -2.03. The van der Waals surface area contributed by atoms with Gasteiger partial charge in [-0.2, -0.15) is 0 Å². The summed E-state index contributed by atoms with van der Waals surface area (Å²) in [5.41, 5.74) is 2.35. The van der Waals surface area contributed by atoms with Crippen molar-refractivity contribution in [1.29, 1.82) is 0 Å². The molecular weight excluding hydrogens is 256 g/mol. The van der Waals surface area contributed by atoms with Crippen LogP contribution < -0.4 is 5.32 Å². The quantitative estimate of drug-likeness (QED) is 0.786. The number of benzene rings is 1.